The predicted molar refractivity (Wildman–Crippen MR) is 85.4 cm³/mol. The molecule has 24 heavy (non-hydrogen) atoms. The number of carbonyl (C=O) groups is 3. The van der Waals surface area contributed by atoms with E-state index in [1.807, 2.05) is 41.5 Å². The van der Waals surface area contributed by atoms with E-state index < -0.39 is 34.7 Å². The number of Topliss-reactive ketones (excluding diaryl/α,β-unsaturated/α-hetero) is 1. The molecule has 2 heterocycles. The van der Waals surface area contributed by atoms with Crippen LogP contribution < -0.4 is 0 Å². The fourth-order valence-electron chi connectivity index (χ4n) is 2.97. The van der Waals surface area contributed by atoms with Crippen LogP contribution in [-0.4, -0.2) is 39.0 Å². The Kier molecular flexibility index (Phi) is 4.03. The number of carboxylic acids is 1. The van der Waals surface area contributed by atoms with Crippen LogP contribution in [-0.2, 0) is 22.2 Å². The maximum Gasteiger partial charge on any atom is 0.408 e. The van der Waals surface area contributed by atoms with E-state index in [4.69, 9.17) is 4.42 Å². The van der Waals surface area contributed by atoms with Crippen molar-refractivity contribution in [3.05, 3.63) is 22.6 Å². The van der Waals surface area contributed by atoms with Crippen LogP contribution >= 0.6 is 0 Å². The van der Waals surface area contributed by atoms with Crippen molar-refractivity contribution in [3.63, 3.8) is 0 Å². The molecule has 1 atom stereocenters. The predicted octanol–water partition coefficient (Wildman–Crippen LogP) is 3.00. The summed E-state index contributed by atoms with van der Waals surface area (Å²) < 4.78 is 5.99. The van der Waals surface area contributed by atoms with Gasteiger partial charge in [0.05, 0.1) is 12.1 Å². The van der Waals surface area contributed by atoms with E-state index >= 15 is 0 Å². The van der Waals surface area contributed by atoms with Gasteiger partial charge in [-0.05, 0) is 0 Å². The van der Waals surface area contributed by atoms with E-state index in [-0.39, 0.29) is 12.1 Å². The monoisotopic (exact) mass is 337 g/mol. The first-order valence-corrected chi connectivity index (χ1v) is 7.70. The van der Waals surface area contributed by atoms with Gasteiger partial charge in [0.2, 0.25) is 5.78 Å². The molecule has 2 N–H and O–H groups in total. The third kappa shape index (κ3) is 2.79. The second-order valence-electron chi connectivity index (χ2n) is 8.13. The number of carbonyl (C=O) groups excluding carboxylic acids is 1. The number of aliphatic carboxylic acids is 1. The Bertz CT molecular complexity index is 717. The lowest BCUT2D eigenvalue weighted by Gasteiger charge is -2.31. The molecule has 0 fully saturated rings. The van der Waals surface area contributed by atoms with Gasteiger partial charge in [-0.1, -0.05) is 41.5 Å². The fourth-order valence-corrected chi connectivity index (χ4v) is 2.97. The quantitative estimate of drug-likeness (QED) is 0.763. The minimum atomic E-state index is -1.75. The van der Waals surface area contributed by atoms with Gasteiger partial charge in [-0.3, -0.25) is 9.69 Å². The molecule has 1 unspecified atom stereocenters. The van der Waals surface area contributed by atoms with Crippen LogP contribution in [0.2, 0.25) is 0 Å². The highest BCUT2D eigenvalue weighted by atomic mass is 16.4. The van der Waals surface area contributed by atoms with Gasteiger partial charge in [-0.15, -0.1) is 0 Å². The van der Waals surface area contributed by atoms with Gasteiger partial charge in [0, 0.05) is 16.4 Å². The number of ketones is 1. The Hall–Kier alpha value is -2.31. The number of nitrogens with zero attached hydrogens (tertiary/aromatic N) is 1. The number of fused-ring (bicyclic) bond motifs is 1. The molecule has 1 amide bonds. The number of furan rings is 1. The molecule has 0 aliphatic carbocycles. The molecule has 7 nitrogen and oxygen atoms in total. The zero-order chi connectivity index (χ0) is 18.6. The highest BCUT2D eigenvalue weighted by Gasteiger charge is 2.47. The summed E-state index contributed by atoms with van der Waals surface area (Å²) in [6.45, 7) is 11.1. The maximum absolute atomic E-state index is 12.8. The molecule has 2 rings (SSSR count). The van der Waals surface area contributed by atoms with E-state index in [2.05, 4.69) is 0 Å². The summed E-state index contributed by atoms with van der Waals surface area (Å²) in [6, 6.07) is -1.75. The van der Waals surface area contributed by atoms with Gasteiger partial charge in [0.25, 0.3) is 0 Å². The molecular formula is C17H23NO6. The van der Waals surface area contributed by atoms with Crippen LogP contribution in [0.3, 0.4) is 0 Å². The zero-order valence-corrected chi connectivity index (χ0v) is 14.8. The van der Waals surface area contributed by atoms with Crippen molar-refractivity contribution in [2.24, 2.45) is 0 Å². The molecule has 1 aliphatic rings. The average Bonchev–Trinajstić information content (AvgIpc) is 2.77. The van der Waals surface area contributed by atoms with Gasteiger partial charge in [-0.2, -0.15) is 0 Å². The van der Waals surface area contributed by atoms with Gasteiger partial charge >= 0.3 is 12.1 Å². The Morgan fingerprint density at radius 1 is 1.04 bits per heavy atom. The highest BCUT2D eigenvalue weighted by Crippen LogP contribution is 2.41. The zero-order valence-electron chi connectivity index (χ0n) is 14.8. The first kappa shape index (κ1) is 18.0. The van der Waals surface area contributed by atoms with Gasteiger partial charge in [0.15, 0.2) is 6.04 Å². The van der Waals surface area contributed by atoms with E-state index in [0.29, 0.717) is 22.0 Å². The molecule has 1 aliphatic heterocycles. The second-order valence-corrected chi connectivity index (χ2v) is 8.13. The van der Waals surface area contributed by atoms with E-state index in [1.165, 1.54) is 0 Å². The van der Waals surface area contributed by atoms with Gasteiger partial charge in [-0.25, -0.2) is 9.59 Å². The van der Waals surface area contributed by atoms with E-state index in [9.17, 15) is 24.6 Å². The summed E-state index contributed by atoms with van der Waals surface area (Å²) in [6.07, 6.45) is -1.44. The van der Waals surface area contributed by atoms with Crippen molar-refractivity contribution in [2.75, 3.05) is 0 Å². The molecule has 0 aromatic carbocycles. The number of amides is 1. The number of rotatable bonds is 1. The Labute approximate surface area is 140 Å². The molecule has 0 spiro atoms. The second kappa shape index (κ2) is 5.36. The van der Waals surface area contributed by atoms with Crippen LogP contribution in [0.15, 0.2) is 4.42 Å². The smallest absolute Gasteiger partial charge is 0.408 e. The minimum Gasteiger partial charge on any atom is -0.479 e. The summed E-state index contributed by atoms with van der Waals surface area (Å²) in [5.41, 5.74) is -0.277. The first-order valence-electron chi connectivity index (χ1n) is 7.70. The maximum atomic E-state index is 12.8. The molecule has 7 heteroatoms. The van der Waals surface area contributed by atoms with Crippen LogP contribution in [0.4, 0.5) is 4.79 Å². The van der Waals surface area contributed by atoms with Crippen molar-refractivity contribution in [3.8, 4) is 0 Å². The molecular weight excluding hydrogens is 314 g/mol. The molecule has 132 valence electrons. The van der Waals surface area contributed by atoms with Crippen LogP contribution in [0.25, 0.3) is 0 Å². The summed E-state index contributed by atoms with van der Waals surface area (Å²) in [4.78, 5) is 36.5. The van der Waals surface area contributed by atoms with Crippen molar-refractivity contribution >= 4 is 17.8 Å². The lowest BCUT2D eigenvalue weighted by Crippen LogP contribution is -2.52. The van der Waals surface area contributed by atoms with Crippen LogP contribution in [0.5, 0.6) is 0 Å². The molecule has 0 saturated carbocycles. The van der Waals surface area contributed by atoms with Crippen molar-refractivity contribution < 1.29 is 29.0 Å². The number of hydrogen-bond donors (Lipinski definition) is 2. The first-order chi connectivity index (χ1) is 10.8. The summed E-state index contributed by atoms with van der Waals surface area (Å²) in [5.74, 6) is -1.30. The lowest BCUT2D eigenvalue weighted by molar-refractivity contribution is -0.141. The van der Waals surface area contributed by atoms with Gasteiger partial charge < -0.3 is 14.6 Å². The SMILES string of the molecule is CC(C)(C)c1oc(C(C)(C)C)c2c1CN(C(=O)O)C(C(=O)O)C2=O. The molecule has 0 radical (unpaired) electrons. The Morgan fingerprint density at radius 3 is 1.92 bits per heavy atom. The van der Waals surface area contributed by atoms with Crippen LogP contribution in [0.1, 0.15) is 69.0 Å². The molecule has 1 aromatic rings. The normalized spacial score (nSPS) is 18.5. The van der Waals surface area contributed by atoms with E-state index in [1.54, 1.807) is 0 Å². The minimum absolute atomic E-state index is 0.181. The standard InChI is InChI=1S/C17H23NO6/c1-16(2,3)12-8-7-18(15(22)23)10(14(20)21)11(19)9(8)13(24-12)17(4,5)6/h10H,7H2,1-6H3,(H,20,21)(H,22,23). The highest BCUT2D eigenvalue weighted by molar-refractivity contribution is 6.15. The Balaban J connectivity index is 2.80. The largest absolute Gasteiger partial charge is 0.479 e. The average molecular weight is 337 g/mol. The van der Waals surface area contributed by atoms with Crippen LogP contribution in [0, 0.1) is 0 Å². The van der Waals surface area contributed by atoms with Crippen molar-refractivity contribution in [2.45, 2.75) is 65.0 Å². The van der Waals surface area contributed by atoms with E-state index in [0.717, 1.165) is 0 Å². The van der Waals surface area contributed by atoms with Crippen molar-refractivity contribution in [1.82, 2.24) is 4.90 Å². The third-order valence-electron chi connectivity index (χ3n) is 3.98. The molecule has 0 bridgehead atoms. The third-order valence-corrected chi connectivity index (χ3v) is 3.98. The lowest BCUT2D eigenvalue weighted by atomic mass is 9.82. The fraction of sp³-hybridized carbons (Fsp3) is 0.588. The topological polar surface area (TPSA) is 108 Å². The summed E-state index contributed by atoms with van der Waals surface area (Å²) in [5, 5.41) is 18.7. The van der Waals surface area contributed by atoms with Crippen molar-refractivity contribution in [1.29, 1.82) is 0 Å². The molecule has 1 aromatic heterocycles. The number of hydrogen-bond acceptors (Lipinski definition) is 4. The summed E-state index contributed by atoms with van der Waals surface area (Å²) in [7, 11) is 0. The summed E-state index contributed by atoms with van der Waals surface area (Å²) >= 11 is 0. The number of carboxylic acid groups (broad SMARTS) is 2. The van der Waals surface area contributed by atoms with Gasteiger partial charge in [0.1, 0.15) is 11.5 Å². The Morgan fingerprint density at radius 2 is 1.54 bits per heavy atom. The molecule has 0 saturated heterocycles.